The highest BCUT2D eigenvalue weighted by Gasteiger charge is 1.95. The zero-order valence-corrected chi connectivity index (χ0v) is 9.00. The molecule has 0 aliphatic heterocycles. The molecular formula is C11H18N2O. The number of rotatable bonds is 2. The third-order valence-electron chi connectivity index (χ3n) is 1.60. The van der Waals surface area contributed by atoms with Crippen molar-refractivity contribution < 1.29 is 4.79 Å². The first-order valence-corrected chi connectivity index (χ1v) is 4.87. The number of hydrogen-bond donors (Lipinski definition) is 2. The number of nitrogens with two attached hydrogens (primary N) is 1. The third-order valence-corrected chi connectivity index (χ3v) is 1.60. The lowest BCUT2D eigenvalue weighted by molar-refractivity contribution is 0.259. The van der Waals surface area contributed by atoms with E-state index in [2.05, 4.69) is 12.2 Å². The molecular weight excluding hydrogens is 176 g/mol. The molecule has 3 N–H and O–H groups in total. The average Bonchev–Trinajstić information content (AvgIpc) is 2.20. The smallest absolute Gasteiger partial charge is 0.316 e. The molecule has 1 rings (SSSR count). The predicted octanol–water partition coefficient (Wildman–Crippen LogP) is 2.77. The second-order valence-electron chi connectivity index (χ2n) is 2.54. The monoisotopic (exact) mass is 194 g/mol. The average molecular weight is 194 g/mol. The number of carbonyl (C=O) groups is 1. The van der Waals surface area contributed by atoms with Gasteiger partial charge in [0.05, 0.1) is 0 Å². The van der Waals surface area contributed by atoms with Crippen LogP contribution in [0.1, 0.15) is 26.3 Å². The van der Waals surface area contributed by atoms with Gasteiger partial charge in [-0.15, -0.1) is 0 Å². The minimum atomic E-state index is -0.525. The lowest BCUT2D eigenvalue weighted by Gasteiger charge is -2.02. The highest BCUT2D eigenvalue weighted by atomic mass is 16.2. The minimum Gasteiger partial charge on any atom is -0.351 e. The van der Waals surface area contributed by atoms with E-state index in [1.165, 1.54) is 5.56 Å². The van der Waals surface area contributed by atoms with Crippen LogP contribution in [0.4, 0.5) is 10.5 Å². The molecule has 0 heterocycles. The summed E-state index contributed by atoms with van der Waals surface area (Å²) in [5.41, 5.74) is 6.90. The Labute approximate surface area is 85.3 Å². The normalized spacial score (nSPS) is 8.50. The maximum Gasteiger partial charge on any atom is 0.316 e. The van der Waals surface area contributed by atoms with Crippen molar-refractivity contribution in [1.82, 2.24) is 0 Å². The second-order valence-corrected chi connectivity index (χ2v) is 2.54. The SMILES string of the molecule is CC.CCc1cccc(NC(N)=O)c1. The summed E-state index contributed by atoms with van der Waals surface area (Å²) in [6.07, 6.45) is 0.953. The third kappa shape index (κ3) is 4.50. The quantitative estimate of drug-likeness (QED) is 0.747. The fourth-order valence-electron chi connectivity index (χ4n) is 1.01. The summed E-state index contributed by atoms with van der Waals surface area (Å²) in [5, 5.41) is 2.52. The number of aryl methyl sites for hydroxylation is 1. The van der Waals surface area contributed by atoms with E-state index in [4.69, 9.17) is 5.73 Å². The van der Waals surface area contributed by atoms with Crippen molar-refractivity contribution in [1.29, 1.82) is 0 Å². The largest absolute Gasteiger partial charge is 0.351 e. The van der Waals surface area contributed by atoms with E-state index in [1.54, 1.807) is 0 Å². The van der Waals surface area contributed by atoms with Crippen molar-refractivity contribution in [2.75, 3.05) is 5.32 Å². The van der Waals surface area contributed by atoms with Gasteiger partial charge >= 0.3 is 6.03 Å². The maximum atomic E-state index is 10.5. The van der Waals surface area contributed by atoms with E-state index in [0.29, 0.717) is 0 Å². The van der Waals surface area contributed by atoms with Gasteiger partial charge < -0.3 is 11.1 Å². The molecule has 3 nitrogen and oxygen atoms in total. The lowest BCUT2D eigenvalue weighted by Crippen LogP contribution is -2.19. The number of hydrogen-bond acceptors (Lipinski definition) is 1. The fraction of sp³-hybridized carbons (Fsp3) is 0.364. The van der Waals surface area contributed by atoms with Crippen LogP contribution >= 0.6 is 0 Å². The Morgan fingerprint density at radius 2 is 2.07 bits per heavy atom. The molecule has 2 amide bonds. The molecule has 3 heteroatoms. The van der Waals surface area contributed by atoms with Gasteiger partial charge in [-0.2, -0.15) is 0 Å². The van der Waals surface area contributed by atoms with Crippen molar-refractivity contribution in [3.05, 3.63) is 29.8 Å². The van der Waals surface area contributed by atoms with Gasteiger partial charge in [0.1, 0.15) is 0 Å². The van der Waals surface area contributed by atoms with Crippen LogP contribution in [0.3, 0.4) is 0 Å². The number of benzene rings is 1. The van der Waals surface area contributed by atoms with Gasteiger partial charge in [0.25, 0.3) is 0 Å². The molecule has 0 fully saturated rings. The molecule has 78 valence electrons. The number of amides is 2. The van der Waals surface area contributed by atoms with Gasteiger partial charge in [-0.25, -0.2) is 4.79 Å². The molecule has 0 spiro atoms. The lowest BCUT2D eigenvalue weighted by atomic mass is 10.1. The molecule has 0 unspecified atom stereocenters. The highest BCUT2D eigenvalue weighted by Crippen LogP contribution is 2.10. The van der Waals surface area contributed by atoms with E-state index in [-0.39, 0.29) is 0 Å². The zero-order chi connectivity index (χ0) is 11.0. The molecule has 0 saturated carbocycles. The predicted molar refractivity (Wildman–Crippen MR) is 60.4 cm³/mol. The van der Waals surface area contributed by atoms with Crippen LogP contribution in [0, 0.1) is 0 Å². The fourth-order valence-corrected chi connectivity index (χ4v) is 1.01. The highest BCUT2D eigenvalue weighted by molar-refractivity contribution is 5.87. The zero-order valence-electron chi connectivity index (χ0n) is 9.00. The Morgan fingerprint density at radius 3 is 2.57 bits per heavy atom. The van der Waals surface area contributed by atoms with Crippen molar-refractivity contribution in [3.63, 3.8) is 0 Å². The summed E-state index contributed by atoms with van der Waals surface area (Å²) in [4.78, 5) is 10.5. The number of carbonyl (C=O) groups excluding carboxylic acids is 1. The molecule has 0 radical (unpaired) electrons. The van der Waals surface area contributed by atoms with Gasteiger partial charge in [-0.05, 0) is 24.1 Å². The standard InChI is InChI=1S/C9H12N2O.C2H6/c1-2-7-4-3-5-8(6-7)11-9(10)12;1-2/h3-6H,2H2,1H3,(H3,10,11,12);1-2H3. The summed E-state index contributed by atoms with van der Waals surface area (Å²) in [6, 6.07) is 7.09. The molecule has 1 aromatic rings. The molecule has 0 aliphatic carbocycles. The maximum absolute atomic E-state index is 10.5. The van der Waals surface area contributed by atoms with Crippen LogP contribution in [0.15, 0.2) is 24.3 Å². The first kappa shape index (κ1) is 12.5. The first-order valence-electron chi connectivity index (χ1n) is 4.87. The molecule has 0 atom stereocenters. The van der Waals surface area contributed by atoms with Crippen LogP contribution in [0.2, 0.25) is 0 Å². The molecule has 0 bridgehead atoms. The Balaban J connectivity index is 0.000000791. The van der Waals surface area contributed by atoms with Gasteiger partial charge in [0, 0.05) is 5.69 Å². The van der Waals surface area contributed by atoms with Crippen LogP contribution < -0.4 is 11.1 Å². The van der Waals surface area contributed by atoms with Crippen LogP contribution in [-0.2, 0) is 6.42 Å². The Kier molecular flexibility index (Phi) is 6.20. The van der Waals surface area contributed by atoms with E-state index in [9.17, 15) is 4.79 Å². The van der Waals surface area contributed by atoms with Crippen molar-refractivity contribution >= 4 is 11.7 Å². The molecule has 0 saturated heterocycles. The van der Waals surface area contributed by atoms with Crippen molar-refractivity contribution in [2.24, 2.45) is 5.73 Å². The summed E-state index contributed by atoms with van der Waals surface area (Å²) in [7, 11) is 0. The van der Waals surface area contributed by atoms with Crippen molar-refractivity contribution in [2.45, 2.75) is 27.2 Å². The second kappa shape index (κ2) is 6.95. The number of anilines is 1. The molecule has 14 heavy (non-hydrogen) atoms. The van der Waals surface area contributed by atoms with E-state index >= 15 is 0 Å². The van der Waals surface area contributed by atoms with Gasteiger partial charge in [0.15, 0.2) is 0 Å². The van der Waals surface area contributed by atoms with Crippen molar-refractivity contribution in [3.8, 4) is 0 Å². The van der Waals surface area contributed by atoms with Gasteiger partial charge in [-0.1, -0.05) is 32.9 Å². The Bertz CT molecular complexity index is 284. The van der Waals surface area contributed by atoms with Gasteiger partial charge in [-0.3, -0.25) is 0 Å². The number of urea groups is 1. The van der Waals surface area contributed by atoms with Gasteiger partial charge in [0.2, 0.25) is 0 Å². The first-order chi connectivity index (χ1) is 6.72. The Morgan fingerprint density at radius 1 is 1.43 bits per heavy atom. The molecule has 1 aromatic carbocycles. The minimum absolute atomic E-state index is 0.525. The number of primary amides is 1. The summed E-state index contributed by atoms with van der Waals surface area (Å²) in [5.74, 6) is 0. The summed E-state index contributed by atoms with van der Waals surface area (Å²) in [6.45, 7) is 6.06. The topological polar surface area (TPSA) is 55.1 Å². The summed E-state index contributed by atoms with van der Waals surface area (Å²) < 4.78 is 0. The molecule has 0 aromatic heterocycles. The van der Waals surface area contributed by atoms with E-state index < -0.39 is 6.03 Å². The summed E-state index contributed by atoms with van der Waals surface area (Å²) >= 11 is 0. The van der Waals surface area contributed by atoms with Crippen LogP contribution in [0.5, 0.6) is 0 Å². The van der Waals surface area contributed by atoms with Crippen LogP contribution in [0.25, 0.3) is 0 Å². The number of nitrogens with one attached hydrogen (secondary N) is 1. The Hall–Kier alpha value is -1.51. The molecule has 0 aliphatic rings. The van der Waals surface area contributed by atoms with E-state index in [0.717, 1.165) is 12.1 Å². The van der Waals surface area contributed by atoms with Crippen LogP contribution in [-0.4, -0.2) is 6.03 Å². The van der Waals surface area contributed by atoms with E-state index in [1.807, 2.05) is 38.1 Å².